The van der Waals surface area contributed by atoms with Gasteiger partial charge in [-0.2, -0.15) is 0 Å². The van der Waals surface area contributed by atoms with Crippen molar-refractivity contribution in [2.75, 3.05) is 33.1 Å². The van der Waals surface area contributed by atoms with Crippen molar-refractivity contribution in [2.45, 2.75) is 19.2 Å². The number of rotatable bonds is 8. The van der Waals surface area contributed by atoms with Crippen molar-refractivity contribution < 1.29 is 32.4 Å². The molecule has 0 aliphatic carbocycles. The number of methoxy groups -OCH3 is 1. The van der Waals surface area contributed by atoms with Crippen LogP contribution in [0.4, 0.5) is 5.69 Å². The van der Waals surface area contributed by atoms with E-state index in [1.807, 2.05) is 0 Å². The number of hydrogen-bond acceptors (Lipinski definition) is 10. The van der Waals surface area contributed by atoms with Gasteiger partial charge in [0.25, 0.3) is 5.69 Å². The van der Waals surface area contributed by atoms with Crippen LogP contribution in [-0.2, 0) is 28.9 Å². The lowest BCUT2D eigenvalue weighted by Crippen LogP contribution is -2.47. The average Bonchev–Trinajstić information content (AvgIpc) is 2.74. The molecule has 0 fully saturated rings. The van der Waals surface area contributed by atoms with E-state index in [1.165, 1.54) is 37.1 Å². The number of nitrogens with two attached hydrogens (primary N) is 1. The molecule has 1 aliphatic rings. The molecule has 0 saturated carbocycles. The highest BCUT2D eigenvalue weighted by atomic mass is 32.2. The van der Waals surface area contributed by atoms with Crippen LogP contribution in [0.2, 0.25) is 0 Å². The molecule has 1 aromatic rings. The zero-order chi connectivity index (χ0) is 24.2. The lowest BCUT2D eigenvalue weighted by Gasteiger charge is -2.37. The van der Waals surface area contributed by atoms with Crippen LogP contribution in [0, 0.1) is 10.1 Å². The average molecular weight is 468 g/mol. The van der Waals surface area contributed by atoms with Crippen molar-refractivity contribution in [1.82, 2.24) is 4.90 Å². The Morgan fingerprint density at radius 2 is 1.94 bits per heavy atom. The number of hydrogen-bond donors (Lipinski definition) is 1. The second kappa shape index (κ2) is 9.92. The molecule has 0 bridgehead atoms. The molecule has 1 heterocycles. The van der Waals surface area contributed by atoms with Crippen molar-refractivity contribution in [2.24, 2.45) is 5.73 Å². The third-order valence-electron chi connectivity index (χ3n) is 4.98. The van der Waals surface area contributed by atoms with E-state index in [4.69, 9.17) is 15.2 Å². The first-order valence-corrected chi connectivity index (χ1v) is 11.3. The third kappa shape index (κ3) is 4.65. The van der Waals surface area contributed by atoms with Crippen molar-refractivity contribution in [3.8, 4) is 0 Å². The number of allylic oxidation sites excluding steroid dienone is 1. The Balaban J connectivity index is 3.04. The van der Waals surface area contributed by atoms with Gasteiger partial charge >= 0.3 is 11.9 Å². The Labute approximate surface area is 185 Å². The van der Waals surface area contributed by atoms with Gasteiger partial charge < -0.3 is 20.1 Å². The van der Waals surface area contributed by atoms with E-state index in [-0.39, 0.29) is 46.8 Å². The summed E-state index contributed by atoms with van der Waals surface area (Å²) in [6, 6.07) is 5.20. The van der Waals surface area contributed by atoms with Crippen molar-refractivity contribution in [3.05, 3.63) is 56.8 Å². The lowest BCUT2D eigenvalue weighted by atomic mass is 9.88. The SMILES string of the molecule is CCOC(=O)C1=C(c2cccc([N+](=O)[O-])c2)C(C(=O)OC)=C(C)N(C)C1S(=O)(=O)CCN. The molecule has 1 unspecified atom stereocenters. The Bertz CT molecular complexity index is 1110. The molecule has 1 atom stereocenters. The number of ether oxygens (including phenoxy) is 2. The minimum absolute atomic E-state index is 0.0613. The van der Waals surface area contributed by atoms with E-state index < -0.39 is 37.8 Å². The van der Waals surface area contributed by atoms with E-state index in [2.05, 4.69) is 0 Å². The van der Waals surface area contributed by atoms with Crippen LogP contribution < -0.4 is 5.73 Å². The minimum atomic E-state index is -4.03. The van der Waals surface area contributed by atoms with Gasteiger partial charge in [0.05, 0.1) is 35.5 Å². The number of nitro benzene ring substituents is 1. The Hall–Kier alpha value is -3.25. The number of nitrogens with zero attached hydrogens (tertiary/aromatic N) is 2. The van der Waals surface area contributed by atoms with Gasteiger partial charge in [-0.1, -0.05) is 12.1 Å². The molecule has 0 aromatic heterocycles. The topological polar surface area (TPSA) is 159 Å². The molecule has 1 aromatic carbocycles. The molecular weight excluding hydrogens is 442 g/mol. The summed E-state index contributed by atoms with van der Waals surface area (Å²) < 4.78 is 36.3. The molecular formula is C20H25N3O8S. The summed E-state index contributed by atoms with van der Waals surface area (Å²) in [7, 11) is -1.48. The number of benzene rings is 1. The van der Waals surface area contributed by atoms with Gasteiger partial charge in [-0.25, -0.2) is 18.0 Å². The first kappa shape index (κ1) is 25.0. The Morgan fingerprint density at radius 1 is 1.28 bits per heavy atom. The summed E-state index contributed by atoms with van der Waals surface area (Å²) >= 11 is 0. The zero-order valence-electron chi connectivity index (χ0n) is 18.2. The van der Waals surface area contributed by atoms with Gasteiger partial charge in [-0.15, -0.1) is 0 Å². The monoisotopic (exact) mass is 467 g/mol. The lowest BCUT2D eigenvalue weighted by molar-refractivity contribution is -0.384. The van der Waals surface area contributed by atoms with Crippen molar-refractivity contribution in [1.29, 1.82) is 0 Å². The largest absolute Gasteiger partial charge is 0.465 e. The molecule has 0 amide bonds. The van der Waals surface area contributed by atoms with Crippen molar-refractivity contribution in [3.63, 3.8) is 0 Å². The molecule has 2 N–H and O–H groups in total. The quantitative estimate of drug-likeness (QED) is 0.332. The second-order valence-electron chi connectivity index (χ2n) is 6.89. The van der Waals surface area contributed by atoms with Gasteiger partial charge in [-0.3, -0.25) is 10.1 Å². The molecule has 1 aliphatic heterocycles. The predicted molar refractivity (Wildman–Crippen MR) is 116 cm³/mol. The molecule has 0 spiro atoms. The summed E-state index contributed by atoms with van der Waals surface area (Å²) in [5.74, 6) is -2.25. The third-order valence-corrected chi connectivity index (χ3v) is 7.02. The maximum absolute atomic E-state index is 13.1. The van der Waals surface area contributed by atoms with Gasteiger partial charge in [0.1, 0.15) is 0 Å². The molecule has 11 nitrogen and oxygen atoms in total. The fourth-order valence-electron chi connectivity index (χ4n) is 3.52. The number of carbonyl (C=O) groups excluding carboxylic acids is 2. The number of esters is 2. The van der Waals surface area contributed by atoms with E-state index in [9.17, 15) is 28.1 Å². The molecule has 2 rings (SSSR count). The van der Waals surface area contributed by atoms with E-state index >= 15 is 0 Å². The first-order chi connectivity index (χ1) is 15.0. The predicted octanol–water partition coefficient (Wildman–Crippen LogP) is 1.00. The van der Waals surface area contributed by atoms with Crippen LogP contribution in [0.5, 0.6) is 0 Å². The van der Waals surface area contributed by atoms with Gasteiger partial charge in [0, 0.05) is 37.0 Å². The highest BCUT2D eigenvalue weighted by Gasteiger charge is 2.45. The Morgan fingerprint density at radius 3 is 2.47 bits per heavy atom. The molecule has 32 heavy (non-hydrogen) atoms. The number of sulfone groups is 1. The maximum Gasteiger partial charge on any atom is 0.340 e. The number of nitro groups is 1. The van der Waals surface area contributed by atoms with E-state index in [0.717, 1.165) is 13.2 Å². The maximum atomic E-state index is 13.1. The van der Waals surface area contributed by atoms with Crippen LogP contribution in [0.25, 0.3) is 5.57 Å². The minimum Gasteiger partial charge on any atom is -0.465 e. The molecule has 0 saturated heterocycles. The summed E-state index contributed by atoms with van der Waals surface area (Å²) in [5, 5.41) is 9.81. The highest BCUT2D eigenvalue weighted by molar-refractivity contribution is 7.92. The van der Waals surface area contributed by atoms with E-state index in [0.29, 0.717) is 0 Å². The fourth-order valence-corrected chi connectivity index (χ4v) is 5.28. The van der Waals surface area contributed by atoms with Crippen LogP contribution >= 0.6 is 0 Å². The Kier molecular flexibility index (Phi) is 7.75. The van der Waals surface area contributed by atoms with Gasteiger partial charge in [-0.05, 0) is 19.4 Å². The van der Waals surface area contributed by atoms with Crippen LogP contribution in [0.3, 0.4) is 0 Å². The van der Waals surface area contributed by atoms with Crippen LogP contribution in [-0.4, -0.2) is 68.6 Å². The number of non-ortho nitro benzene ring substituents is 1. The van der Waals surface area contributed by atoms with E-state index in [1.54, 1.807) is 6.92 Å². The first-order valence-electron chi connectivity index (χ1n) is 9.61. The summed E-state index contributed by atoms with van der Waals surface area (Å²) in [6.45, 7) is 2.79. The standard InChI is InChI=1S/C20H25N3O8S/c1-5-31-20(25)17-16(13-7-6-8-14(11-13)23(26)27)15(19(24)30-4)12(2)22(3)18(17)32(28,29)10-9-21/h6-8,11,18H,5,9-10,21H2,1-4H3. The molecule has 0 radical (unpaired) electrons. The number of carbonyl (C=O) groups is 2. The zero-order valence-corrected chi connectivity index (χ0v) is 19.0. The highest BCUT2D eigenvalue weighted by Crippen LogP contribution is 2.41. The van der Waals surface area contributed by atoms with Gasteiger partial charge in [0.15, 0.2) is 15.2 Å². The number of likely N-dealkylation sites (N-methyl/N-ethyl adjacent to an activating group) is 1. The second-order valence-corrected chi connectivity index (χ2v) is 9.07. The molecule has 174 valence electrons. The molecule has 12 heteroatoms. The summed E-state index contributed by atoms with van der Waals surface area (Å²) in [6.07, 6.45) is 0. The summed E-state index contributed by atoms with van der Waals surface area (Å²) in [4.78, 5) is 37.8. The van der Waals surface area contributed by atoms with Gasteiger partial charge in [0.2, 0.25) is 0 Å². The summed E-state index contributed by atoms with van der Waals surface area (Å²) in [5.41, 5.74) is 4.95. The van der Waals surface area contributed by atoms with Crippen molar-refractivity contribution >= 4 is 33.0 Å². The smallest absolute Gasteiger partial charge is 0.340 e. The normalized spacial score (nSPS) is 16.8. The van der Waals surface area contributed by atoms with Crippen LogP contribution in [0.15, 0.2) is 41.1 Å². The fraction of sp³-hybridized carbons (Fsp3) is 0.400. The van der Waals surface area contributed by atoms with Crippen LogP contribution in [0.1, 0.15) is 19.4 Å².